The van der Waals surface area contributed by atoms with Crippen LogP contribution in [0.5, 0.6) is 0 Å². The Hall–Kier alpha value is -0.280. The average Bonchev–Trinajstić information content (AvgIpc) is 2.55. The fourth-order valence-electron chi connectivity index (χ4n) is 2.67. The van der Waals surface area contributed by atoms with Crippen molar-refractivity contribution in [3.8, 4) is 0 Å². The minimum absolute atomic E-state index is 0.193. The fraction of sp³-hybridized carbons (Fsp3) is 1.00. The molecule has 2 saturated heterocycles. The van der Waals surface area contributed by atoms with Gasteiger partial charge in [0.15, 0.2) is 0 Å². The highest BCUT2D eigenvalue weighted by molar-refractivity contribution is 4.82. The maximum Gasteiger partial charge on any atom is 0.149 e. The van der Waals surface area contributed by atoms with E-state index in [9.17, 15) is 0 Å². The summed E-state index contributed by atoms with van der Waals surface area (Å²) < 4.78 is 38.3. The van der Waals surface area contributed by atoms with Crippen molar-refractivity contribution in [3.05, 3.63) is 0 Å². The Bertz CT molecular complexity index is 355. The van der Waals surface area contributed by atoms with Crippen molar-refractivity contribution in [2.75, 3.05) is 53.6 Å². The highest BCUT2D eigenvalue weighted by Crippen LogP contribution is 2.29. The zero-order valence-electron chi connectivity index (χ0n) is 15.4. The topological polar surface area (TPSA) is 64.6 Å². The summed E-state index contributed by atoms with van der Waals surface area (Å²) in [6.45, 7) is 11.9. The Morgan fingerprint density at radius 3 is 2.46 bits per heavy atom. The molecule has 0 N–H and O–H groups in total. The maximum atomic E-state index is 5.72. The quantitative estimate of drug-likeness (QED) is 0.467. The van der Waals surface area contributed by atoms with Crippen LogP contribution in [0.3, 0.4) is 0 Å². The van der Waals surface area contributed by atoms with Crippen LogP contribution in [0.15, 0.2) is 0 Å². The lowest BCUT2D eigenvalue weighted by molar-refractivity contribution is -0.231. The number of rotatable bonds is 9. The fourth-order valence-corrected chi connectivity index (χ4v) is 2.67. The molecule has 2 aliphatic rings. The highest BCUT2D eigenvalue weighted by atomic mass is 16.7. The van der Waals surface area contributed by atoms with Gasteiger partial charge in [0.05, 0.1) is 37.6 Å². The molecular formula is C17H32O7. The van der Waals surface area contributed by atoms with E-state index in [1.54, 1.807) is 0 Å². The summed E-state index contributed by atoms with van der Waals surface area (Å²) in [4.78, 5) is 0. The van der Waals surface area contributed by atoms with Gasteiger partial charge in [0.25, 0.3) is 0 Å². The molecule has 2 aliphatic heterocycles. The molecule has 142 valence electrons. The van der Waals surface area contributed by atoms with Crippen molar-refractivity contribution in [2.24, 2.45) is 11.8 Å². The van der Waals surface area contributed by atoms with E-state index >= 15 is 0 Å². The van der Waals surface area contributed by atoms with Crippen LogP contribution >= 0.6 is 0 Å². The van der Waals surface area contributed by atoms with Crippen molar-refractivity contribution in [2.45, 2.75) is 45.3 Å². The lowest BCUT2D eigenvalue weighted by Gasteiger charge is -2.38. The van der Waals surface area contributed by atoms with E-state index in [0.717, 1.165) is 13.0 Å². The SMILES string of the molecule is CC(COCOCOCC1COCOC1(C)C)C1(C)CCOCO1. The molecule has 2 fully saturated rings. The van der Waals surface area contributed by atoms with Crippen LogP contribution in [-0.2, 0) is 33.2 Å². The van der Waals surface area contributed by atoms with Gasteiger partial charge in [0.1, 0.15) is 27.2 Å². The third kappa shape index (κ3) is 5.91. The average molecular weight is 348 g/mol. The van der Waals surface area contributed by atoms with Gasteiger partial charge in [0, 0.05) is 18.3 Å². The van der Waals surface area contributed by atoms with Crippen LogP contribution in [0.4, 0.5) is 0 Å². The molecule has 2 heterocycles. The Labute approximate surface area is 144 Å². The Morgan fingerprint density at radius 1 is 1.00 bits per heavy atom. The summed E-state index contributed by atoms with van der Waals surface area (Å²) in [6.07, 6.45) is 0.878. The van der Waals surface area contributed by atoms with Gasteiger partial charge in [-0.2, -0.15) is 0 Å². The summed E-state index contributed by atoms with van der Waals surface area (Å²) >= 11 is 0. The molecule has 7 nitrogen and oxygen atoms in total. The van der Waals surface area contributed by atoms with E-state index in [4.69, 9.17) is 33.2 Å². The van der Waals surface area contributed by atoms with Crippen LogP contribution in [0, 0.1) is 11.8 Å². The first-order chi connectivity index (χ1) is 11.4. The molecular weight excluding hydrogens is 316 g/mol. The molecule has 0 bridgehead atoms. The zero-order valence-corrected chi connectivity index (χ0v) is 15.4. The minimum Gasteiger partial charge on any atom is -0.355 e. The van der Waals surface area contributed by atoms with Gasteiger partial charge in [-0.05, 0) is 20.8 Å². The Balaban J connectivity index is 1.51. The van der Waals surface area contributed by atoms with E-state index in [2.05, 4.69) is 13.8 Å². The van der Waals surface area contributed by atoms with Crippen molar-refractivity contribution in [1.29, 1.82) is 0 Å². The van der Waals surface area contributed by atoms with Crippen LogP contribution in [-0.4, -0.2) is 64.8 Å². The standard InChI is InChI=1S/C17H32O7/c1-14(17(4)5-6-18-12-24-17)7-19-10-22-11-20-8-15-9-21-13-23-16(15,2)3/h14-15H,5-13H2,1-4H3. The number of hydrogen-bond acceptors (Lipinski definition) is 7. The molecule has 2 rings (SSSR count). The monoisotopic (exact) mass is 348 g/mol. The molecule has 0 aromatic rings. The van der Waals surface area contributed by atoms with Crippen LogP contribution in [0.25, 0.3) is 0 Å². The first kappa shape index (κ1) is 20.0. The molecule has 0 aliphatic carbocycles. The van der Waals surface area contributed by atoms with Gasteiger partial charge < -0.3 is 33.2 Å². The second-order valence-electron chi connectivity index (χ2n) is 7.25. The first-order valence-corrected chi connectivity index (χ1v) is 8.61. The van der Waals surface area contributed by atoms with E-state index in [-0.39, 0.29) is 36.6 Å². The lowest BCUT2D eigenvalue weighted by atomic mass is 9.88. The van der Waals surface area contributed by atoms with Gasteiger partial charge >= 0.3 is 0 Å². The molecule has 0 aromatic carbocycles. The summed E-state index contributed by atoms with van der Waals surface area (Å²) in [5.41, 5.74) is -0.426. The van der Waals surface area contributed by atoms with Crippen LogP contribution in [0.1, 0.15) is 34.1 Å². The van der Waals surface area contributed by atoms with Crippen molar-refractivity contribution < 1.29 is 33.2 Å². The molecule has 0 spiro atoms. The second-order valence-corrected chi connectivity index (χ2v) is 7.25. The predicted molar refractivity (Wildman–Crippen MR) is 86.3 cm³/mol. The molecule has 0 aromatic heterocycles. The molecule has 0 saturated carbocycles. The van der Waals surface area contributed by atoms with Crippen molar-refractivity contribution in [3.63, 3.8) is 0 Å². The highest BCUT2D eigenvalue weighted by Gasteiger charge is 2.35. The molecule has 7 heteroatoms. The van der Waals surface area contributed by atoms with Crippen LogP contribution < -0.4 is 0 Å². The summed E-state index contributed by atoms with van der Waals surface area (Å²) in [5, 5.41) is 0. The third-order valence-electron chi connectivity index (χ3n) is 5.09. The molecule has 3 atom stereocenters. The molecule has 0 amide bonds. The third-order valence-corrected chi connectivity index (χ3v) is 5.09. The largest absolute Gasteiger partial charge is 0.355 e. The summed E-state index contributed by atoms with van der Waals surface area (Å²) in [5.74, 6) is 0.463. The van der Waals surface area contributed by atoms with Gasteiger partial charge in [0.2, 0.25) is 0 Å². The normalized spacial score (nSPS) is 31.8. The van der Waals surface area contributed by atoms with Gasteiger partial charge in [-0.15, -0.1) is 0 Å². The zero-order chi connectivity index (χ0) is 17.5. The number of hydrogen-bond donors (Lipinski definition) is 0. The Kier molecular flexibility index (Phi) is 7.87. The Morgan fingerprint density at radius 2 is 1.75 bits per heavy atom. The van der Waals surface area contributed by atoms with Gasteiger partial charge in [-0.1, -0.05) is 6.92 Å². The van der Waals surface area contributed by atoms with Crippen LogP contribution in [0.2, 0.25) is 0 Å². The number of ether oxygens (including phenoxy) is 7. The maximum absolute atomic E-state index is 5.72. The smallest absolute Gasteiger partial charge is 0.149 e. The van der Waals surface area contributed by atoms with E-state index in [1.165, 1.54) is 0 Å². The van der Waals surface area contributed by atoms with Crippen molar-refractivity contribution in [1.82, 2.24) is 0 Å². The molecule has 24 heavy (non-hydrogen) atoms. The summed E-state index contributed by atoms with van der Waals surface area (Å²) in [7, 11) is 0. The van der Waals surface area contributed by atoms with Gasteiger partial charge in [-0.3, -0.25) is 0 Å². The molecule has 3 unspecified atom stereocenters. The van der Waals surface area contributed by atoms with E-state index in [1.807, 2.05) is 13.8 Å². The minimum atomic E-state index is -0.233. The predicted octanol–water partition coefficient (Wildman–Crippen LogP) is 2.14. The second kappa shape index (κ2) is 9.43. The molecule has 0 radical (unpaired) electrons. The van der Waals surface area contributed by atoms with E-state index < -0.39 is 0 Å². The van der Waals surface area contributed by atoms with E-state index in [0.29, 0.717) is 33.4 Å². The van der Waals surface area contributed by atoms with Crippen molar-refractivity contribution >= 4 is 0 Å². The summed E-state index contributed by atoms with van der Waals surface area (Å²) in [6, 6.07) is 0. The lowest BCUT2D eigenvalue weighted by Crippen LogP contribution is -2.45. The first-order valence-electron chi connectivity index (χ1n) is 8.61. The van der Waals surface area contributed by atoms with Gasteiger partial charge in [-0.25, -0.2) is 0 Å².